The van der Waals surface area contributed by atoms with E-state index in [0.29, 0.717) is 32.8 Å². The summed E-state index contributed by atoms with van der Waals surface area (Å²) in [5.41, 5.74) is 3.86. The van der Waals surface area contributed by atoms with E-state index in [0.717, 1.165) is 27.7 Å². The lowest BCUT2D eigenvalue weighted by molar-refractivity contribution is 0.0697. The minimum absolute atomic E-state index is 0.0880. The first-order chi connectivity index (χ1) is 18.3. The molecule has 8 heteroatoms. The highest BCUT2D eigenvalue weighted by atomic mass is 35.5. The van der Waals surface area contributed by atoms with Gasteiger partial charge in [0.15, 0.2) is 0 Å². The second-order valence-electron chi connectivity index (χ2n) is 9.11. The van der Waals surface area contributed by atoms with Crippen LogP contribution in [0.2, 0.25) is 10.0 Å². The van der Waals surface area contributed by atoms with E-state index in [1.54, 1.807) is 36.4 Å². The van der Waals surface area contributed by atoms with E-state index in [9.17, 15) is 9.90 Å². The van der Waals surface area contributed by atoms with Crippen LogP contribution in [-0.4, -0.2) is 16.2 Å². The number of anilines is 2. The highest BCUT2D eigenvalue weighted by molar-refractivity contribution is 6.39. The Balaban J connectivity index is 1.37. The van der Waals surface area contributed by atoms with E-state index in [-0.39, 0.29) is 18.1 Å². The van der Waals surface area contributed by atoms with E-state index >= 15 is 0 Å². The maximum absolute atomic E-state index is 11.4. The van der Waals surface area contributed by atoms with Gasteiger partial charge in [-0.25, -0.2) is 4.79 Å². The predicted octanol–water partition coefficient (Wildman–Crippen LogP) is 8.95. The van der Waals surface area contributed by atoms with Gasteiger partial charge in [0.1, 0.15) is 23.8 Å². The molecule has 0 aliphatic heterocycles. The van der Waals surface area contributed by atoms with Gasteiger partial charge in [-0.05, 0) is 60.0 Å². The zero-order chi connectivity index (χ0) is 26.8. The number of carboxylic acids is 1. The fraction of sp³-hybridized carbons (Fsp3) is 0.133. The van der Waals surface area contributed by atoms with E-state index in [2.05, 4.69) is 10.5 Å². The summed E-state index contributed by atoms with van der Waals surface area (Å²) >= 11 is 12.9. The van der Waals surface area contributed by atoms with Crippen LogP contribution in [0.5, 0.6) is 5.75 Å². The molecule has 2 N–H and O–H groups in total. The maximum Gasteiger partial charge on any atom is 0.335 e. The largest absolute Gasteiger partial charge is 0.489 e. The number of aromatic carboxylic acids is 1. The molecule has 0 aliphatic carbocycles. The Kier molecular flexibility index (Phi) is 7.27. The topological polar surface area (TPSA) is 84.6 Å². The molecule has 6 nitrogen and oxygen atoms in total. The van der Waals surface area contributed by atoms with Crippen molar-refractivity contribution in [2.75, 3.05) is 5.32 Å². The number of nitrogens with one attached hydrogen (secondary N) is 1. The molecular formula is C30H24Cl2N2O4. The zero-order valence-electron chi connectivity index (χ0n) is 20.7. The van der Waals surface area contributed by atoms with Gasteiger partial charge in [-0.2, -0.15) is 0 Å². The van der Waals surface area contributed by atoms with Crippen LogP contribution >= 0.6 is 23.2 Å². The van der Waals surface area contributed by atoms with Crippen molar-refractivity contribution < 1.29 is 19.2 Å². The fourth-order valence-electron chi connectivity index (χ4n) is 4.30. The molecule has 5 aromatic rings. The number of halogens is 2. The Morgan fingerprint density at radius 2 is 1.71 bits per heavy atom. The lowest BCUT2D eigenvalue weighted by Crippen LogP contribution is -2.01. The smallest absolute Gasteiger partial charge is 0.335 e. The third-order valence-electron chi connectivity index (χ3n) is 6.19. The minimum atomic E-state index is -0.961. The third-order valence-corrected chi connectivity index (χ3v) is 6.82. The van der Waals surface area contributed by atoms with Crippen molar-refractivity contribution >= 4 is 51.3 Å². The molecule has 0 saturated carbocycles. The van der Waals surface area contributed by atoms with E-state index < -0.39 is 5.97 Å². The SMILES string of the molecule is CC(C)c1onc(-c2c(Cl)cccc2Cl)c1COc1ccc(Nc2cccc3ccc(C(=O)O)cc23)cc1. The predicted molar refractivity (Wildman–Crippen MR) is 151 cm³/mol. The standard InChI is InChI=1S/C30H24Cl2N2O4/c1-17(2)29-23(28(34-38-29)27-24(31)6-4-7-25(27)32)16-37-21-13-11-20(12-14-21)33-26-8-3-5-18-9-10-19(30(35)36)15-22(18)26/h3-15,17,33H,16H2,1-2H3,(H,35,36). The summed E-state index contributed by atoms with van der Waals surface area (Å²) in [4.78, 5) is 11.4. The summed E-state index contributed by atoms with van der Waals surface area (Å²) < 4.78 is 11.8. The minimum Gasteiger partial charge on any atom is -0.489 e. The van der Waals surface area contributed by atoms with Gasteiger partial charge in [0, 0.05) is 28.2 Å². The first kappa shape index (κ1) is 25.6. The molecule has 192 valence electrons. The number of fused-ring (bicyclic) bond motifs is 1. The number of carboxylic acid groups (broad SMARTS) is 1. The van der Waals surface area contributed by atoms with Crippen LogP contribution in [0, 0.1) is 0 Å². The summed E-state index contributed by atoms with van der Waals surface area (Å²) in [6, 6.07) is 23.7. The summed E-state index contributed by atoms with van der Waals surface area (Å²) in [7, 11) is 0. The molecular weight excluding hydrogens is 523 g/mol. The molecule has 0 spiro atoms. The second-order valence-corrected chi connectivity index (χ2v) is 9.92. The summed E-state index contributed by atoms with van der Waals surface area (Å²) in [6.45, 7) is 4.27. The second kappa shape index (κ2) is 10.8. The van der Waals surface area contributed by atoms with Crippen molar-refractivity contribution in [1.29, 1.82) is 0 Å². The maximum atomic E-state index is 11.4. The molecule has 4 aromatic carbocycles. The van der Waals surface area contributed by atoms with Gasteiger partial charge in [-0.1, -0.05) is 66.5 Å². The first-order valence-corrected chi connectivity index (χ1v) is 12.8. The number of carbonyl (C=O) groups is 1. The molecule has 5 rings (SSSR count). The van der Waals surface area contributed by atoms with Crippen LogP contribution in [0.15, 0.2) is 83.4 Å². The Bertz CT molecular complexity index is 1610. The van der Waals surface area contributed by atoms with Crippen LogP contribution in [0.3, 0.4) is 0 Å². The van der Waals surface area contributed by atoms with Crippen molar-refractivity contribution in [3.05, 3.63) is 106 Å². The molecule has 0 unspecified atom stereocenters. The highest BCUT2D eigenvalue weighted by Gasteiger charge is 2.23. The van der Waals surface area contributed by atoms with Gasteiger partial charge < -0.3 is 19.7 Å². The molecule has 1 aromatic heterocycles. The summed E-state index contributed by atoms with van der Waals surface area (Å²) in [5.74, 6) is 0.501. The van der Waals surface area contributed by atoms with Crippen molar-refractivity contribution in [3.8, 4) is 17.0 Å². The highest BCUT2D eigenvalue weighted by Crippen LogP contribution is 2.39. The molecule has 38 heavy (non-hydrogen) atoms. The molecule has 0 saturated heterocycles. The van der Waals surface area contributed by atoms with Crippen LogP contribution in [0.1, 0.15) is 41.4 Å². The van der Waals surface area contributed by atoms with Gasteiger partial charge in [0.2, 0.25) is 0 Å². The number of hydrogen-bond donors (Lipinski definition) is 2. The molecule has 0 aliphatic rings. The normalized spacial score (nSPS) is 11.2. The lowest BCUT2D eigenvalue weighted by atomic mass is 10.0. The zero-order valence-corrected chi connectivity index (χ0v) is 22.2. The van der Waals surface area contributed by atoms with Crippen LogP contribution in [-0.2, 0) is 6.61 Å². The number of ether oxygens (including phenoxy) is 1. The Labute approximate surface area is 229 Å². The quantitative estimate of drug-likeness (QED) is 0.202. The van der Waals surface area contributed by atoms with Crippen molar-refractivity contribution in [3.63, 3.8) is 0 Å². The molecule has 0 atom stereocenters. The molecule has 0 bridgehead atoms. The molecule has 0 amide bonds. The van der Waals surface area contributed by atoms with Gasteiger partial charge in [-0.3, -0.25) is 0 Å². The van der Waals surface area contributed by atoms with E-state index in [1.807, 2.05) is 56.3 Å². The van der Waals surface area contributed by atoms with Gasteiger partial charge in [0.25, 0.3) is 0 Å². The number of hydrogen-bond acceptors (Lipinski definition) is 5. The van der Waals surface area contributed by atoms with Gasteiger partial charge in [-0.15, -0.1) is 0 Å². The van der Waals surface area contributed by atoms with Crippen LogP contribution < -0.4 is 10.1 Å². The van der Waals surface area contributed by atoms with E-state index in [1.165, 1.54) is 0 Å². The average Bonchev–Trinajstić information content (AvgIpc) is 3.32. The summed E-state index contributed by atoms with van der Waals surface area (Å²) in [6.07, 6.45) is 0. The molecule has 0 radical (unpaired) electrons. The summed E-state index contributed by atoms with van der Waals surface area (Å²) in [5, 5.41) is 19.8. The van der Waals surface area contributed by atoms with Crippen molar-refractivity contribution in [1.82, 2.24) is 5.16 Å². The van der Waals surface area contributed by atoms with Crippen molar-refractivity contribution in [2.45, 2.75) is 26.4 Å². The number of benzene rings is 4. The number of rotatable bonds is 8. The molecule has 0 fully saturated rings. The van der Waals surface area contributed by atoms with Crippen molar-refractivity contribution in [2.24, 2.45) is 0 Å². The van der Waals surface area contributed by atoms with E-state index in [4.69, 9.17) is 32.5 Å². The Hall–Kier alpha value is -4.00. The monoisotopic (exact) mass is 546 g/mol. The van der Waals surface area contributed by atoms with Crippen LogP contribution in [0.25, 0.3) is 22.0 Å². The molecule has 1 heterocycles. The third kappa shape index (κ3) is 5.19. The Morgan fingerprint density at radius 1 is 1.00 bits per heavy atom. The lowest BCUT2D eigenvalue weighted by Gasteiger charge is -2.13. The fourth-order valence-corrected chi connectivity index (χ4v) is 4.87. The number of aromatic nitrogens is 1. The van der Waals surface area contributed by atoms with Gasteiger partial charge in [0.05, 0.1) is 21.2 Å². The van der Waals surface area contributed by atoms with Crippen LogP contribution in [0.4, 0.5) is 11.4 Å². The average molecular weight is 547 g/mol. The Morgan fingerprint density at radius 3 is 2.39 bits per heavy atom. The number of nitrogens with zero attached hydrogens (tertiary/aromatic N) is 1. The van der Waals surface area contributed by atoms with Gasteiger partial charge >= 0.3 is 5.97 Å². The first-order valence-electron chi connectivity index (χ1n) is 12.0.